The van der Waals surface area contributed by atoms with E-state index in [9.17, 15) is 4.79 Å². The number of carbonyl (C=O) groups is 1. The summed E-state index contributed by atoms with van der Waals surface area (Å²) in [5.74, 6) is -0.0620. The Morgan fingerprint density at radius 3 is 2.59 bits per heavy atom. The lowest BCUT2D eigenvalue weighted by atomic mass is 10.2. The molecule has 1 aromatic heterocycles. The lowest BCUT2D eigenvalue weighted by Gasteiger charge is -2.10. The average Bonchev–Trinajstić information content (AvgIpc) is 2.82. The fourth-order valence-corrected chi connectivity index (χ4v) is 1.51. The van der Waals surface area contributed by atoms with Crippen LogP contribution in [-0.2, 0) is 4.79 Å². The number of nitrogens with zero attached hydrogens (tertiary/aromatic N) is 1. The van der Waals surface area contributed by atoms with Crippen molar-refractivity contribution in [3.05, 3.63) is 54.4 Å². The Morgan fingerprint density at radius 2 is 1.88 bits per heavy atom. The van der Waals surface area contributed by atoms with Gasteiger partial charge in [0, 0.05) is 18.1 Å². The number of amides is 1. The minimum absolute atomic E-state index is 0.0620. The van der Waals surface area contributed by atoms with Gasteiger partial charge in [-0.15, -0.1) is 0 Å². The van der Waals surface area contributed by atoms with Crippen LogP contribution < -0.4 is 10.7 Å². The molecule has 4 nitrogen and oxygen atoms in total. The van der Waals surface area contributed by atoms with Crippen molar-refractivity contribution in [3.8, 4) is 0 Å². The molecular formula is C13H15N3O. The Balaban J connectivity index is 1.87. The van der Waals surface area contributed by atoms with Crippen LogP contribution in [0.15, 0.2) is 48.8 Å². The molecular weight excluding hydrogens is 214 g/mol. The van der Waals surface area contributed by atoms with E-state index in [1.54, 1.807) is 4.68 Å². The van der Waals surface area contributed by atoms with Crippen LogP contribution in [0.25, 0.3) is 0 Å². The Labute approximate surface area is 100 Å². The molecule has 0 bridgehead atoms. The maximum absolute atomic E-state index is 11.7. The first kappa shape index (κ1) is 11.3. The molecule has 0 saturated carbocycles. The highest BCUT2D eigenvalue weighted by Gasteiger charge is 2.03. The molecule has 1 amide bonds. The van der Waals surface area contributed by atoms with Gasteiger partial charge >= 0.3 is 0 Å². The molecule has 2 N–H and O–H groups in total. The van der Waals surface area contributed by atoms with Crippen molar-refractivity contribution in [2.45, 2.75) is 6.92 Å². The molecule has 2 aromatic rings. The third-order valence-electron chi connectivity index (χ3n) is 2.45. The summed E-state index contributed by atoms with van der Waals surface area (Å²) in [7, 11) is 0. The van der Waals surface area contributed by atoms with Gasteiger partial charge in [-0.25, -0.2) is 0 Å². The zero-order chi connectivity index (χ0) is 12.1. The van der Waals surface area contributed by atoms with Crippen molar-refractivity contribution in [1.29, 1.82) is 0 Å². The summed E-state index contributed by atoms with van der Waals surface area (Å²) >= 11 is 0. The Hall–Kier alpha value is -2.23. The second-order valence-corrected chi connectivity index (χ2v) is 3.79. The summed E-state index contributed by atoms with van der Waals surface area (Å²) in [5.41, 5.74) is 4.88. The molecule has 0 aliphatic carbocycles. The monoisotopic (exact) mass is 229 g/mol. The summed E-state index contributed by atoms with van der Waals surface area (Å²) in [6.07, 6.45) is 3.70. The SMILES string of the molecule is Cc1ccccc1NC(=O)CNn1cccc1. The van der Waals surface area contributed by atoms with E-state index in [0.717, 1.165) is 11.3 Å². The van der Waals surface area contributed by atoms with E-state index in [2.05, 4.69) is 10.7 Å². The molecule has 1 aromatic carbocycles. The van der Waals surface area contributed by atoms with Gasteiger partial charge < -0.3 is 10.7 Å². The number of aryl methyl sites for hydroxylation is 1. The van der Waals surface area contributed by atoms with Crippen molar-refractivity contribution >= 4 is 11.6 Å². The molecule has 0 saturated heterocycles. The number of aromatic nitrogens is 1. The fraction of sp³-hybridized carbons (Fsp3) is 0.154. The van der Waals surface area contributed by atoms with Gasteiger partial charge in [-0.2, -0.15) is 0 Å². The van der Waals surface area contributed by atoms with Crippen LogP contribution in [0.5, 0.6) is 0 Å². The third-order valence-corrected chi connectivity index (χ3v) is 2.45. The number of hydrogen-bond acceptors (Lipinski definition) is 2. The summed E-state index contributed by atoms with van der Waals surface area (Å²) in [6, 6.07) is 11.5. The van der Waals surface area contributed by atoms with E-state index >= 15 is 0 Å². The van der Waals surface area contributed by atoms with E-state index in [1.807, 2.05) is 55.7 Å². The number of anilines is 1. The Kier molecular flexibility index (Phi) is 3.45. The lowest BCUT2D eigenvalue weighted by molar-refractivity contribution is -0.114. The second-order valence-electron chi connectivity index (χ2n) is 3.79. The second kappa shape index (κ2) is 5.21. The molecule has 0 radical (unpaired) electrons. The van der Waals surface area contributed by atoms with Crippen molar-refractivity contribution in [2.24, 2.45) is 0 Å². The van der Waals surface area contributed by atoms with Crippen molar-refractivity contribution < 1.29 is 4.79 Å². The minimum atomic E-state index is -0.0620. The molecule has 0 aliphatic heterocycles. The molecule has 88 valence electrons. The predicted octanol–water partition coefficient (Wildman–Crippen LogP) is 1.98. The maximum atomic E-state index is 11.7. The Bertz CT molecular complexity index is 491. The average molecular weight is 229 g/mol. The van der Waals surface area contributed by atoms with E-state index in [0.29, 0.717) is 0 Å². The number of nitrogens with one attached hydrogen (secondary N) is 2. The van der Waals surface area contributed by atoms with Crippen LogP contribution in [0.1, 0.15) is 5.56 Å². The summed E-state index contributed by atoms with van der Waals surface area (Å²) in [6.45, 7) is 2.21. The van der Waals surface area contributed by atoms with Gasteiger partial charge in [-0.3, -0.25) is 9.47 Å². The first-order chi connectivity index (χ1) is 8.25. The third kappa shape index (κ3) is 3.11. The van der Waals surface area contributed by atoms with E-state index in [4.69, 9.17) is 0 Å². The summed E-state index contributed by atoms with van der Waals surface area (Å²) in [4.78, 5) is 11.7. The van der Waals surface area contributed by atoms with E-state index in [-0.39, 0.29) is 12.5 Å². The van der Waals surface area contributed by atoms with Gasteiger partial charge in [0.2, 0.25) is 5.91 Å². The maximum Gasteiger partial charge on any atom is 0.245 e. The van der Waals surface area contributed by atoms with Crippen molar-refractivity contribution in [2.75, 3.05) is 17.3 Å². The normalized spacial score (nSPS) is 9.94. The molecule has 0 aliphatic rings. The summed E-state index contributed by atoms with van der Waals surface area (Å²) < 4.78 is 1.75. The zero-order valence-electron chi connectivity index (χ0n) is 9.68. The van der Waals surface area contributed by atoms with Crippen LogP contribution in [0.4, 0.5) is 5.69 Å². The molecule has 4 heteroatoms. The molecule has 0 spiro atoms. The lowest BCUT2D eigenvalue weighted by Crippen LogP contribution is -2.26. The van der Waals surface area contributed by atoms with Crippen LogP contribution >= 0.6 is 0 Å². The fourth-order valence-electron chi connectivity index (χ4n) is 1.51. The van der Waals surface area contributed by atoms with Gasteiger partial charge in [-0.05, 0) is 30.7 Å². The van der Waals surface area contributed by atoms with Crippen LogP contribution in [0, 0.1) is 6.92 Å². The molecule has 0 atom stereocenters. The number of para-hydroxylation sites is 1. The molecule has 1 heterocycles. The van der Waals surface area contributed by atoms with Gasteiger partial charge in [0.1, 0.15) is 6.54 Å². The van der Waals surface area contributed by atoms with Crippen LogP contribution in [0.2, 0.25) is 0 Å². The Morgan fingerprint density at radius 1 is 1.18 bits per heavy atom. The largest absolute Gasteiger partial charge is 0.324 e. The van der Waals surface area contributed by atoms with Gasteiger partial charge in [-0.1, -0.05) is 18.2 Å². The van der Waals surface area contributed by atoms with Gasteiger partial charge in [0.05, 0.1) is 0 Å². The predicted molar refractivity (Wildman–Crippen MR) is 68.5 cm³/mol. The zero-order valence-corrected chi connectivity index (χ0v) is 9.68. The number of carbonyl (C=O) groups excluding carboxylic acids is 1. The van der Waals surface area contributed by atoms with Crippen LogP contribution in [0.3, 0.4) is 0 Å². The molecule has 0 unspecified atom stereocenters. The van der Waals surface area contributed by atoms with E-state index < -0.39 is 0 Å². The number of benzene rings is 1. The number of rotatable bonds is 4. The standard InChI is InChI=1S/C13H15N3O/c1-11-6-2-3-7-12(11)15-13(17)10-14-16-8-4-5-9-16/h2-9,14H,10H2,1H3,(H,15,17). The first-order valence-electron chi connectivity index (χ1n) is 5.48. The first-order valence-corrected chi connectivity index (χ1v) is 5.48. The highest BCUT2D eigenvalue weighted by molar-refractivity contribution is 5.93. The quantitative estimate of drug-likeness (QED) is 0.842. The van der Waals surface area contributed by atoms with Crippen molar-refractivity contribution in [1.82, 2.24) is 4.68 Å². The van der Waals surface area contributed by atoms with Gasteiger partial charge in [0.25, 0.3) is 0 Å². The number of hydrogen-bond donors (Lipinski definition) is 2. The topological polar surface area (TPSA) is 46.1 Å². The summed E-state index contributed by atoms with van der Waals surface area (Å²) in [5, 5.41) is 2.86. The van der Waals surface area contributed by atoms with Crippen LogP contribution in [-0.4, -0.2) is 17.1 Å². The molecule has 2 rings (SSSR count). The van der Waals surface area contributed by atoms with E-state index in [1.165, 1.54) is 0 Å². The van der Waals surface area contributed by atoms with Crippen molar-refractivity contribution in [3.63, 3.8) is 0 Å². The highest BCUT2D eigenvalue weighted by atomic mass is 16.2. The van der Waals surface area contributed by atoms with Gasteiger partial charge in [0.15, 0.2) is 0 Å². The molecule has 0 fully saturated rings. The molecule has 17 heavy (non-hydrogen) atoms. The minimum Gasteiger partial charge on any atom is -0.324 e. The smallest absolute Gasteiger partial charge is 0.245 e. The highest BCUT2D eigenvalue weighted by Crippen LogP contribution is 2.12.